The molecule has 0 unspecified atom stereocenters. The van der Waals surface area contributed by atoms with Crippen LogP contribution in [0.3, 0.4) is 0 Å². The fourth-order valence-corrected chi connectivity index (χ4v) is 4.45. The Morgan fingerprint density at radius 2 is 1.40 bits per heavy atom. The molecule has 0 saturated heterocycles. The molecule has 35 heavy (non-hydrogen) atoms. The zero-order valence-electron chi connectivity index (χ0n) is 19.0. The minimum Gasteiger partial charge on any atom is -0.399 e. The predicted octanol–water partition coefficient (Wildman–Crippen LogP) is 5.76. The zero-order chi connectivity index (χ0) is 25.0. The van der Waals surface area contributed by atoms with Gasteiger partial charge in [0.05, 0.1) is 16.3 Å². The van der Waals surface area contributed by atoms with Gasteiger partial charge in [0.15, 0.2) is 0 Å². The molecule has 0 aliphatic carbocycles. The first-order valence-corrected chi connectivity index (χ1v) is 12.4. The van der Waals surface area contributed by atoms with E-state index in [0.717, 1.165) is 33.8 Å². The molecule has 0 amide bonds. The lowest BCUT2D eigenvalue weighted by atomic mass is 10.0. The molecule has 0 radical (unpaired) electrons. The van der Waals surface area contributed by atoms with Crippen LogP contribution in [0.1, 0.15) is 11.1 Å². The van der Waals surface area contributed by atoms with E-state index in [4.69, 9.17) is 10.9 Å². The molecule has 4 aromatic rings. The highest BCUT2D eigenvalue weighted by molar-refractivity contribution is 7.89. The van der Waals surface area contributed by atoms with E-state index >= 15 is 0 Å². The molecule has 7 heteroatoms. The van der Waals surface area contributed by atoms with Crippen molar-refractivity contribution in [3.8, 4) is 11.1 Å². The second-order valence-corrected chi connectivity index (χ2v) is 9.53. The Balaban J connectivity index is 1.55. The number of rotatable bonds is 8. The van der Waals surface area contributed by atoms with Crippen LogP contribution in [0.4, 0.5) is 17.1 Å². The Kier molecular flexibility index (Phi) is 6.73. The van der Waals surface area contributed by atoms with Crippen molar-refractivity contribution in [2.24, 2.45) is 10.9 Å². The summed E-state index contributed by atoms with van der Waals surface area (Å²) in [5.74, 6) is 0. The van der Waals surface area contributed by atoms with Gasteiger partial charge < -0.3 is 16.4 Å². The third kappa shape index (κ3) is 5.60. The van der Waals surface area contributed by atoms with Crippen LogP contribution in [0.25, 0.3) is 22.5 Å². The van der Waals surface area contributed by atoms with Crippen molar-refractivity contribution in [1.29, 1.82) is 0 Å². The molecule has 0 aromatic heterocycles. The van der Waals surface area contributed by atoms with Crippen molar-refractivity contribution in [3.05, 3.63) is 121 Å². The molecule has 4 aromatic carbocycles. The topological polar surface area (TPSA) is 110 Å². The lowest BCUT2D eigenvalue weighted by molar-refractivity contribution is 0.598. The fourth-order valence-electron chi connectivity index (χ4n) is 3.69. The standard InChI is InChI=1S/C28H26N4O2S/c1-19(29)23-8-7-9-24(18-23)32-27-12-5-4-11-26(27)31-20(2)21-14-16-22(17-15-21)25-10-3-6-13-28(25)35(30,33)34/h3-18,31-32H,1-2,29H2,(H2,30,33,34). The summed E-state index contributed by atoms with van der Waals surface area (Å²) in [6.45, 7) is 7.98. The van der Waals surface area contributed by atoms with Crippen LogP contribution in [-0.2, 0) is 10.0 Å². The average Bonchev–Trinajstić information content (AvgIpc) is 2.85. The lowest BCUT2D eigenvalue weighted by Crippen LogP contribution is -2.13. The number of anilines is 3. The molecule has 0 heterocycles. The van der Waals surface area contributed by atoms with Crippen molar-refractivity contribution in [1.82, 2.24) is 0 Å². The molecule has 6 N–H and O–H groups in total. The van der Waals surface area contributed by atoms with Gasteiger partial charge in [-0.3, -0.25) is 0 Å². The number of para-hydroxylation sites is 2. The van der Waals surface area contributed by atoms with E-state index in [1.54, 1.807) is 18.2 Å². The summed E-state index contributed by atoms with van der Waals surface area (Å²) in [7, 11) is -3.84. The number of benzene rings is 4. The Labute approximate surface area is 205 Å². The normalized spacial score (nSPS) is 11.0. The maximum Gasteiger partial charge on any atom is 0.238 e. The largest absolute Gasteiger partial charge is 0.399 e. The molecule has 0 saturated carbocycles. The molecular weight excluding hydrogens is 456 g/mol. The Morgan fingerprint density at radius 3 is 2.09 bits per heavy atom. The van der Waals surface area contributed by atoms with Gasteiger partial charge in [-0.05, 0) is 47.0 Å². The monoisotopic (exact) mass is 482 g/mol. The molecule has 176 valence electrons. The van der Waals surface area contributed by atoms with Crippen LogP contribution in [0, 0.1) is 0 Å². The Hall–Kier alpha value is -4.33. The molecule has 0 aliphatic rings. The van der Waals surface area contributed by atoms with Crippen molar-refractivity contribution >= 4 is 38.5 Å². The van der Waals surface area contributed by atoms with Crippen LogP contribution in [0.5, 0.6) is 0 Å². The van der Waals surface area contributed by atoms with Gasteiger partial charge in [0.25, 0.3) is 0 Å². The van der Waals surface area contributed by atoms with E-state index in [1.807, 2.05) is 72.8 Å². The van der Waals surface area contributed by atoms with Gasteiger partial charge in [-0.2, -0.15) is 0 Å². The Bertz CT molecular complexity index is 1510. The molecular formula is C28H26N4O2S. The number of nitrogens with two attached hydrogens (primary N) is 2. The number of sulfonamides is 1. The van der Waals surface area contributed by atoms with Crippen LogP contribution in [0.2, 0.25) is 0 Å². The van der Waals surface area contributed by atoms with E-state index in [9.17, 15) is 8.42 Å². The van der Waals surface area contributed by atoms with Gasteiger partial charge in [0.1, 0.15) is 0 Å². The highest BCUT2D eigenvalue weighted by Crippen LogP contribution is 2.31. The van der Waals surface area contributed by atoms with Crippen LogP contribution in [-0.4, -0.2) is 8.42 Å². The second kappa shape index (κ2) is 9.89. The number of nitrogens with one attached hydrogen (secondary N) is 2. The smallest absolute Gasteiger partial charge is 0.238 e. The van der Waals surface area contributed by atoms with E-state index in [1.165, 1.54) is 6.07 Å². The Morgan fingerprint density at radius 1 is 0.743 bits per heavy atom. The van der Waals surface area contributed by atoms with E-state index in [0.29, 0.717) is 17.0 Å². The van der Waals surface area contributed by atoms with E-state index in [-0.39, 0.29) is 4.90 Å². The summed E-state index contributed by atoms with van der Waals surface area (Å²) < 4.78 is 23.9. The van der Waals surface area contributed by atoms with Gasteiger partial charge in [0.2, 0.25) is 10.0 Å². The first kappa shape index (κ1) is 23.8. The first-order chi connectivity index (χ1) is 16.7. The first-order valence-electron chi connectivity index (χ1n) is 10.8. The quantitative estimate of drug-likeness (QED) is 0.255. The van der Waals surface area contributed by atoms with Gasteiger partial charge in [-0.15, -0.1) is 0 Å². The van der Waals surface area contributed by atoms with Crippen molar-refractivity contribution in [3.63, 3.8) is 0 Å². The zero-order valence-corrected chi connectivity index (χ0v) is 19.8. The molecule has 0 fully saturated rings. The maximum atomic E-state index is 12.0. The summed E-state index contributed by atoms with van der Waals surface area (Å²) in [5, 5.41) is 12.2. The van der Waals surface area contributed by atoms with Gasteiger partial charge in [-0.25, -0.2) is 13.6 Å². The van der Waals surface area contributed by atoms with Crippen LogP contribution < -0.4 is 21.5 Å². The fraction of sp³-hybridized carbons (Fsp3) is 0. The number of hydrogen-bond donors (Lipinski definition) is 4. The molecule has 0 bridgehead atoms. The third-order valence-electron chi connectivity index (χ3n) is 5.46. The number of hydrogen-bond acceptors (Lipinski definition) is 5. The molecule has 0 spiro atoms. The minimum atomic E-state index is -3.84. The average molecular weight is 483 g/mol. The second-order valence-electron chi connectivity index (χ2n) is 8.00. The minimum absolute atomic E-state index is 0.0898. The van der Waals surface area contributed by atoms with Gasteiger partial charge in [-0.1, -0.05) is 79.9 Å². The SMILES string of the molecule is C=C(N)c1cccc(Nc2ccccc2NC(=C)c2ccc(-c3ccccc3S(N)(=O)=O)cc2)c1. The van der Waals surface area contributed by atoms with Crippen LogP contribution in [0.15, 0.2) is 115 Å². The summed E-state index contributed by atoms with van der Waals surface area (Å²) in [5.41, 5.74) is 12.6. The van der Waals surface area contributed by atoms with Gasteiger partial charge in [0, 0.05) is 22.6 Å². The van der Waals surface area contributed by atoms with Crippen molar-refractivity contribution in [2.45, 2.75) is 4.90 Å². The molecule has 6 nitrogen and oxygen atoms in total. The van der Waals surface area contributed by atoms with Gasteiger partial charge >= 0.3 is 0 Å². The molecule has 0 aliphatic heterocycles. The maximum absolute atomic E-state index is 12.0. The third-order valence-corrected chi connectivity index (χ3v) is 6.43. The summed E-state index contributed by atoms with van der Waals surface area (Å²) in [6, 6.07) is 29.7. The summed E-state index contributed by atoms with van der Waals surface area (Å²) in [6.07, 6.45) is 0. The summed E-state index contributed by atoms with van der Waals surface area (Å²) >= 11 is 0. The van der Waals surface area contributed by atoms with Crippen molar-refractivity contribution < 1.29 is 8.42 Å². The number of primary sulfonamides is 1. The van der Waals surface area contributed by atoms with Crippen LogP contribution >= 0.6 is 0 Å². The van der Waals surface area contributed by atoms with E-state index < -0.39 is 10.0 Å². The highest BCUT2D eigenvalue weighted by Gasteiger charge is 2.14. The molecule has 0 atom stereocenters. The predicted molar refractivity (Wildman–Crippen MR) is 145 cm³/mol. The highest BCUT2D eigenvalue weighted by atomic mass is 32.2. The lowest BCUT2D eigenvalue weighted by Gasteiger charge is -2.16. The molecule has 4 rings (SSSR count). The summed E-state index contributed by atoms with van der Waals surface area (Å²) in [4.78, 5) is 0.0898. The van der Waals surface area contributed by atoms with Crippen molar-refractivity contribution in [2.75, 3.05) is 10.6 Å². The van der Waals surface area contributed by atoms with E-state index in [2.05, 4.69) is 23.8 Å².